The van der Waals surface area contributed by atoms with E-state index < -0.39 is 18.5 Å². The summed E-state index contributed by atoms with van der Waals surface area (Å²) in [5, 5.41) is 2.91. The molecule has 0 atom stereocenters. The quantitative estimate of drug-likeness (QED) is 0.883. The maximum atomic E-state index is 12.2. The number of aromatic nitrogens is 1. The third kappa shape index (κ3) is 4.99. The van der Waals surface area contributed by atoms with Gasteiger partial charge in [-0.3, -0.25) is 4.79 Å². The number of amides is 1. The highest BCUT2D eigenvalue weighted by Crippen LogP contribution is 2.22. The van der Waals surface area contributed by atoms with Gasteiger partial charge in [-0.2, -0.15) is 13.2 Å². The minimum Gasteiger partial charge on any atom is -0.370 e. The van der Waals surface area contributed by atoms with Crippen molar-refractivity contribution in [2.24, 2.45) is 0 Å². The smallest absolute Gasteiger partial charge is 0.370 e. The van der Waals surface area contributed by atoms with E-state index in [9.17, 15) is 18.0 Å². The first-order valence-electron chi connectivity index (χ1n) is 5.96. The Bertz CT molecular complexity index is 480. The summed E-state index contributed by atoms with van der Waals surface area (Å²) in [5.74, 6) is -0.140. The molecule has 0 aliphatic heterocycles. The van der Waals surface area contributed by atoms with Crippen molar-refractivity contribution in [3.63, 3.8) is 0 Å². The number of alkyl halides is 3. The Morgan fingerprint density at radius 2 is 2.15 bits per heavy atom. The van der Waals surface area contributed by atoms with Crippen LogP contribution >= 0.6 is 15.9 Å². The monoisotopic (exact) mass is 353 g/mol. The molecule has 0 unspecified atom stereocenters. The number of carbonyl (C=O) groups is 1. The lowest BCUT2D eigenvalue weighted by molar-refractivity contribution is -0.136. The lowest BCUT2D eigenvalue weighted by atomic mass is 10.2. The van der Waals surface area contributed by atoms with E-state index in [0.717, 1.165) is 4.90 Å². The minimum atomic E-state index is -4.28. The van der Waals surface area contributed by atoms with E-state index >= 15 is 0 Å². The summed E-state index contributed by atoms with van der Waals surface area (Å²) in [6, 6.07) is 1.54. The number of anilines is 1. The number of carbonyl (C=O) groups excluding carboxylic acids is 1. The fourth-order valence-corrected chi connectivity index (χ4v) is 1.84. The summed E-state index contributed by atoms with van der Waals surface area (Å²) in [6.07, 6.45) is -3.80. The zero-order valence-electron chi connectivity index (χ0n) is 11.1. The van der Waals surface area contributed by atoms with Crippen molar-refractivity contribution in [1.82, 2.24) is 9.88 Å². The van der Waals surface area contributed by atoms with Gasteiger partial charge in [0.15, 0.2) is 0 Å². The van der Waals surface area contributed by atoms with Crippen LogP contribution in [0.1, 0.15) is 23.7 Å². The van der Waals surface area contributed by atoms with E-state index in [-0.39, 0.29) is 12.1 Å². The van der Waals surface area contributed by atoms with Crippen LogP contribution in [0.15, 0.2) is 16.7 Å². The van der Waals surface area contributed by atoms with Crippen LogP contribution in [-0.2, 0) is 0 Å². The SMILES string of the molecule is CCNc1ncc(Br)cc1C(=O)N(C)CCC(F)(F)F. The topological polar surface area (TPSA) is 45.2 Å². The van der Waals surface area contributed by atoms with Gasteiger partial charge in [0.1, 0.15) is 5.82 Å². The summed E-state index contributed by atoms with van der Waals surface area (Å²) in [5.41, 5.74) is 0.242. The van der Waals surface area contributed by atoms with Gasteiger partial charge in [-0.25, -0.2) is 4.98 Å². The highest BCUT2D eigenvalue weighted by Gasteiger charge is 2.28. The summed E-state index contributed by atoms with van der Waals surface area (Å²) < 4.78 is 37.1. The number of halogens is 4. The molecule has 0 fully saturated rings. The lowest BCUT2D eigenvalue weighted by Gasteiger charge is -2.19. The molecule has 0 radical (unpaired) electrons. The Kier molecular flexibility index (Phi) is 5.79. The van der Waals surface area contributed by atoms with Gasteiger partial charge in [-0.05, 0) is 28.9 Å². The molecule has 0 bridgehead atoms. The first kappa shape index (κ1) is 16.7. The highest BCUT2D eigenvalue weighted by molar-refractivity contribution is 9.10. The molecule has 1 N–H and O–H groups in total. The Balaban J connectivity index is 2.87. The minimum absolute atomic E-state index is 0.242. The van der Waals surface area contributed by atoms with E-state index in [1.165, 1.54) is 19.3 Å². The molecule has 1 rings (SSSR count). The van der Waals surface area contributed by atoms with E-state index in [0.29, 0.717) is 16.8 Å². The molecule has 1 aromatic heterocycles. The van der Waals surface area contributed by atoms with Gasteiger partial charge in [-0.1, -0.05) is 0 Å². The molecular weight excluding hydrogens is 339 g/mol. The van der Waals surface area contributed by atoms with Crippen LogP contribution < -0.4 is 5.32 Å². The van der Waals surface area contributed by atoms with Crippen molar-refractivity contribution in [2.45, 2.75) is 19.5 Å². The molecule has 0 saturated carbocycles. The van der Waals surface area contributed by atoms with Gasteiger partial charge < -0.3 is 10.2 Å². The van der Waals surface area contributed by atoms with Gasteiger partial charge in [-0.15, -0.1) is 0 Å². The molecule has 8 heteroatoms. The van der Waals surface area contributed by atoms with Crippen LogP contribution in [0.4, 0.5) is 19.0 Å². The predicted molar refractivity (Wildman–Crippen MR) is 73.7 cm³/mol. The Labute approximate surface area is 123 Å². The predicted octanol–water partition coefficient (Wildman–Crippen LogP) is 3.30. The number of nitrogens with zero attached hydrogens (tertiary/aromatic N) is 2. The zero-order valence-corrected chi connectivity index (χ0v) is 12.7. The number of nitrogens with one attached hydrogen (secondary N) is 1. The van der Waals surface area contributed by atoms with Crippen molar-refractivity contribution in [3.8, 4) is 0 Å². The fourth-order valence-electron chi connectivity index (χ4n) is 1.51. The Morgan fingerprint density at radius 3 is 2.70 bits per heavy atom. The Hall–Kier alpha value is -1.31. The van der Waals surface area contributed by atoms with Crippen molar-refractivity contribution in [2.75, 3.05) is 25.5 Å². The van der Waals surface area contributed by atoms with Crippen molar-refractivity contribution in [1.29, 1.82) is 0 Å². The molecule has 20 heavy (non-hydrogen) atoms. The van der Waals surface area contributed by atoms with Crippen LogP contribution in [-0.4, -0.2) is 42.1 Å². The summed E-state index contributed by atoms with van der Waals surface area (Å²) >= 11 is 3.19. The van der Waals surface area contributed by atoms with Gasteiger partial charge in [0.05, 0.1) is 12.0 Å². The molecular formula is C12H15BrF3N3O. The molecule has 0 aliphatic carbocycles. The van der Waals surface area contributed by atoms with Crippen LogP contribution in [0.5, 0.6) is 0 Å². The van der Waals surface area contributed by atoms with Crippen molar-refractivity contribution < 1.29 is 18.0 Å². The van der Waals surface area contributed by atoms with Gasteiger partial charge in [0.2, 0.25) is 0 Å². The molecule has 1 heterocycles. The van der Waals surface area contributed by atoms with E-state index in [1.807, 2.05) is 6.92 Å². The van der Waals surface area contributed by atoms with Crippen molar-refractivity contribution >= 4 is 27.7 Å². The molecule has 1 amide bonds. The molecule has 4 nitrogen and oxygen atoms in total. The lowest BCUT2D eigenvalue weighted by Crippen LogP contribution is -2.31. The molecule has 112 valence electrons. The second-order valence-corrected chi connectivity index (χ2v) is 5.09. The largest absolute Gasteiger partial charge is 0.390 e. The number of rotatable bonds is 5. The maximum Gasteiger partial charge on any atom is 0.390 e. The third-order valence-electron chi connectivity index (χ3n) is 2.51. The highest BCUT2D eigenvalue weighted by atomic mass is 79.9. The van der Waals surface area contributed by atoms with Gasteiger partial charge >= 0.3 is 6.18 Å². The van der Waals surface area contributed by atoms with Gasteiger partial charge in [0.25, 0.3) is 5.91 Å². The van der Waals surface area contributed by atoms with E-state index in [4.69, 9.17) is 0 Å². The van der Waals surface area contributed by atoms with Crippen molar-refractivity contribution in [3.05, 3.63) is 22.3 Å². The second kappa shape index (κ2) is 6.92. The van der Waals surface area contributed by atoms with Gasteiger partial charge in [0, 0.05) is 30.8 Å². The normalized spacial score (nSPS) is 11.3. The Morgan fingerprint density at radius 1 is 1.50 bits per heavy atom. The van der Waals surface area contributed by atoms with Crippen LogP contribution in [0.3, 0.4) is 0 Å². The van der Waals surface area contributed by atoms with Crippen LogP contribution in [0.2, 0.25) is 0 Å². The number of pyridine rings is 1. The first-order chi connectivity index (χ1) is 9.24. The van der Waals surface area contributed by atoms with Crippen LogP contribution in [0, 0.1) is 0 Å². The maximum absolute atomic E-state index is 12.2. The van der Waals surface area contributed by atoms with Crippen LogP contribution in [0.25, 0.3) is 0 Å². The molecule has 1 aromatic rings. The van der Waals surface area contributed by atoms with E-state index in [2.05, 4.69) is 26.2 Å². The number of hydrogen-bond donors (Lipinski definition) is 1. The molecule has 0 aromatic carbocycles. The standard InChI is InChI=1S/C12H15BrF3N3O/c1-3-17-10-9(6-8(13)7-18-10)11(20)19(2)5-4-12(14,15)16/h6-7H,3-5H2,1-2H3,(H,17,18). The number of hydrogen-bond acceptors (Lipinski definition) is 3. The summed E-state index contributed by atoms with van der Waals surface area (Å²) in [7, 11) is 1.34. The average molecular weight is 354 g/mol. The fraction of sp³-hybridized carbons (Fsp3) is 0.500. The molecule has 0 saturated heterocycles. The first-order valence-corrected chi connectivity index (χ1v) is 6.75. The second-order valence-electron chi connectivity index (χ2n) is 4.17. The summed E-state index contributed by atoms with van der Waals surface area (Å²) in [4.78, 5) is 17.3. The zero-order chi connectivity index (χ0) is 15.3. The molecule has 0 aliphatic rings. The average Bonchev–Trinajstić information content (AvgIpc) is 2.36. The molecule has 0 spiro atoms. The summed E-state index contributed by atoms with van der Waals surface area (Å²) in [6.45, 7) is 2.01. The third-order valence-corrected chi connectivity index (χ3v) is 2.94. The van der Waals surface area contributed by atoms with E-state index in [1.54, 1.807) is 0 Å².